The molecule has 1 saturated carbocycles. The standard InChI is InChI=1S/C14H24N2O2/c1-9-6-4-5-7-12(9)8-16-11(3)13(17)15-10(2)14(16)18/h9-12H,4-8H2,1-3H3,(H,15,17). The lowest BCUT2D eigenvalue weighted by molar-refractivity contribution is -0.149. The molecule has 4 nitrogen and oxygen atoms in total. The van der Waals surface area contributed by atoms with Crippen LogP contribution >= 0.6 is 0 Å². The van der Waals surface area contributed by atoms with Gasteiger partial charge in [0.15, 0.2) is 0 Å². The molecule has 0 aromatic carbocycles. The molecule has 1 saturated heterocycles. The van der Waals surface area contributed by atoms with Gasteiger partial charge in [-0.1, -0.05) is 26.2 Å². The Kier molecular flexibility index (Phi) is 3.93. The number of carbonyl (C=O) groups is 2. The fourth-order valence-electron chi connectivity index (χ4n) is 3.14. The molecule has 18 heavy (non-hydrogen) atoms. The Morgan fingerprint density at radius 3 is 2.50 bits per heavy atom. The van der Waals surface area contributed by atoms with Gasteiger partial charge in [0.05, 0.1) is 0 Å². The van der Waals surface area contributed by atoms with Crippen LogP contribution in [-0.4, -0.2) is 35.3 Å². The number of nitrogens with zero attached hydrogens (tertiary/aromatic N) is 1. The minimum atomic E-state index is -0.368. The molecule has 2 amide bonds. The summed E-state index contributed by atoms with van der Waals surface area (Å²) < 4.78 is 0. The van der Waals surface area contributed by atoms with E-state index < -0.39 is 0 Å². The van der Waals surface area contributed by atoms with E-state index >= 15 is 0 Å². The highest BCUT2D eigenvalue weighted by Gasteiger charge is 2.37. The average molecular weight is 252 g/mol. The first-order valence-corrected chi connectivity index (χ1v) is 7.11. The van der Waals surface area contributed by atoms with Crippen molar-refractivity contribution in [3.05, 3.63) is 0 Å². The van der Waals surface area contributed by atoms with Crippen molar-refractivity contribution in [3.63, 3.8) is 0 Å². The van der Waals surface area contributed by atoms with Gasteiger partial charge in [-0.25, -0.2) is 0 Å². The number of carbonyl (C=O) groups excluding carboxylic acids is 2. The third kappa shape index (κ3) is 2.52. The highest BCUT2D eigenvalue weighted by Crippen LogP contribution is 2.31. The van der Waals surface area contributed by atoms with Crippen molar-refractivity contribution < 1.29 is 9.59 Å². The van der Waals surface area contributed by atoms with Crippen molar-refractivity contribution in [2.24, 2.45) is 11.8 Å². The molecule has 0 radical (unpaired) electrons. The predicted molar refractivity (Wildman–Crippen MR) is 69.9 cm³/mol. The Morgan fingerprint density at radius 2 is 1.83 bits per heavy atom. The van der Waals surface area contributed by atoms with Crippen LogP contribution in [0.1, 0.15) is 46.5 Å². The van der Waals surface area contributed by atoms with Gasteiger partial charge in [0.25, 0.3) is 0 Å². The number of nitrogens with one attached hydrogen (secondary N) is 1. The van der Waals surface area contributed by atoms with Gasteiger partial charge < -0.3 is 10.2 Å². The Balaban J connectivity index is 2.05. The van der Waals surface area contributed by atoms with E-state index in [2.05, 4.69) is 12.2 Å². The van der Waals surface area contributed by atoms with Gasteiger partial charge in [-0.3, -0.25) is 9.59 Å². The second-order valence-corrected chi connectivity index (χ2v) is 5.92. The van der Waals surface area contributed by atoms with E-state index in [1.165, 1.54) is 25.7 Å². The maximum absolute atomic E-state index is 12.2. The molecule has 2 rings (SSSR count). The van der Waals surface area contributed by atoms with Crippen LogP contribution in [-0.2, 0) is 9.59 Å². The number of hydrogen-bond donors (Lipinski definition) is 1. The Labute approximate surface area is 109 Å². The lowest BCUT2D eigenvalue weighted by Gasteiger charge is -2.40. The highest BCUT2D eigenvalue weighted by molar-refractivity contribution is 5.96. The minimum Gasteiger partial charge on any atom is -0.343 e. The van der Waals surface area contributed by atoms with Crippen LogP contribution in [0.5, 0.6) is 0 Å². The number of hydrogen-bond acceptors (Lipinski definition) is 2. The van der Waals surface area contributed by atoms with Crippen molar-refractivity contribution >= 4 is 11.8 Å². The summed E-state index contributed by atoms with van der Waals surface area (Å²) in [6, 6.07) is -0.685. The van der Waals surface area contributed by atoms with Crippen molar-refractivity contribution in [2.45, 2.75) is 58.5 Å². The van der Waals surface area contributed by atoms with Crippen LogP contribution in [0.4, 0.5) is 0 Å². The molecule has 2 aliphatic rings. The van der Waals surface area contributed by atoms with Gasteiger partial charge >= 0.3 is 0 Å². The Morgan fingerprint density at radius 1 is 1.17 bits per heavy atom. The molecule has 0 aromatic heterocycles. The van der Waals surface area contributed by atoms with E-state index in [9.17, 15) is 9.59 Å². The molecule has 0 aromatic rings. The van der Waals surface area contributed by atoms with Gasteiger partial charge in [0.1, 0.15) is 12.1 Å². The van der Waals surface area contributed by atoms with Crippen LogP contribution in [0.15, 0.2) is 0 Å². The first kappa shape index (κ1) is 13.4. The summed E-state index contributed by atoms with van der Waals surface area (Å²) in [5.41, 5.74) is 0. The third-order valence-electron chi connectivity index (χ3n) is 4.58. The van der Waals surface area contributed by atoms with Crippen LogP contribution in [0, 0.1) is 11.8 Å². The summed E-state index contributed by atoms with van der Waals surface area (Å²) in [6.45, 7) is 6.61. The monoisotopic (exact) mass is 252 g/mol. The molecule has 1 aliphatic carbocycles. The van der Waals surface area contributed by atoms with Crippen LogP contribution in [0.2, 0.25) is 0 Å². The normalized spacial score (nSPS) is 37.6. The number of piperazine rings is 1. The molecule has 102 valence electrons. The summed E-state index contributed by atoms with van der Waals surface area (Å²) in [7, 11) is 0. The molecule has 4 heteroatoms. The zero-order chi connectivity index (χ0) is 13.3. The van der Waals surface area contributed by atoms with Gasteiger partial charge in [0, 0.05) is 6.54 Å². The maximum atomic E-state index is 12.2. The van der Waals surface area contributed by atoms with Crippen LogP contribution in [0.3, 0.4) is 0 Å². The van der Waals surface area contributed by atoms with Crippen LogP contribution in [0.25, 0.3) is 0 Å². The minimum absolute atomic E-state index is 0.0226. The molecule has 0 spiro atoms. The van der Waals surface area contributed by atoms with E-state index in [0.717, 1.165) is 6.54 Å². The fourth-order valence-corrected chi connectivity index (χ4v) is 3.14. The summed E-state index contributed by atoms with van der Waals surface area (Å²) in [5, 5.41) is 2.73. The Bertz CT molecular complexity index is 343. The molecule has 0 bridgehead atoms. The average Bonchev–Trinajstić information content (AvgIpc) is 2.34. The van der Waals surface area contributed by atoms with Gasteiger partial charge in [-0.15, -0.1) is 0 Å². The topological polar surface area (TPSA) is 49.4 Å². The molecular weight excluding hydrogens is 228 g/mol. The van der Waals surface area contributed by atoms with E-state index in [1.807, 2.05) is 6.92 Å². The third-order valence-corrected chi connectivity index (χ3v) is 4.58. The summed E-state index contributed by atoms with van der Waals surface area (Å²) >= 11 is 0. The SMILES string of the molecule is CC1NC(=O)C(C)N(CC2CCCCC2C)C1=O. The largest absolute Gasteiger partial charge is 0.343 e. The summed E-state index contributed by atoms with van der Waals surface area (Å²) in [6.07, 6.45) is 5.00. The first-order valence-electron chi connectivity index (χ1n) is 7.11. The molecule has 1 N–H and O–H groups in total. The zero-order valence-corrected chi connectivity index (χ0v) is 11.6. The van der Waals surface area contributed by atoms with E-state index in [1.54, 1.807) is 11.8 Å². The van der Waals surface area contributed by atoms with Crippen molar-refractivity contribution in [2.75, 3.05) is 6.54 Å². The Hall–Kier alpha value is -1.06. The van der Waals surface area contributed by atoms with Crippen LogP contribution < -0.4 is 5.32 Å². The van der Waals surface area contributed by atoms with Gasteiger partial charge in [-0.05, 0) is 32.1 Å². The molecule has 1 aliphatic heterocycles. The van der Waals surface area contributed by atoms with Gasteiger partial charge in [-0.2, -0.15) is 0 Å². The van der Waals surface area contributed by atoms with Crippen molar-refractivity contribution in [1.29, 1.82) is 0 Å². The highest BCUT2D eigenvalue weighted by atomic mass is 16.2. The fraction of sp³-hybridized carbons (Fsp3) is 0.857. The first-order chi connectivity index (χ1) is 8.50. The zero-order valence-electron chi connectivity index (χ0n) is 11.6. The van der Waals surface area contributed by atoms with Gasteiger partial charge in [0.2, 0.25) is 11.8 Å². The van der Waals surface area contributed by atoms with Crippen molar-refractivity contribution in [3.8, 4) is 0 Å². The maximum Gasteiger partial charge on any atom is 0.245 e. The summed E-state index contributed by atoms with van der Waals surface area (Å²) in [5.74, 6) is 1.27. The quantitative estimate of drug-likeness (QED) is 0.810. The van der Waals surface area contributed by atoms with Crippen molar-refractivity contribution in [1.82, 2.24) is 10.2 Å². The smallest absolute Gasteiger partial charge is 0.245 e. The van der Waals surface area contributed by atoms with E-state index in [-0.39, 0.29) is 23.9 Å². The second kappa shape index (κ2) is 5.29. The second-order valence-electron chi connectivity index (χ2n) is 5.92. The summed E-state index contributed by atoms with van der Waals surface area (Å²) in [4.78, 5) is 25.7. The molecular formula is C14H24N2O2. The molecule has 4 atom stereocenters. The lowest BCUT2D eigenvalue weighted by Crippen LogP contribution is -2.62. The molecule has 4 unspecified atom stereocenters. The lowest BCUT2D eigenvalue weighted by atomic mass is 9.80. The molecule has 1 heterocycles. The predicted octanol–water partition coefficient (Wildman–Crippen LogP) is 1.55. The van der Waals surface area contributed by atoms with E-state index in [0.29, 0.717) is 11.8 Å². The number of amides is 2. The molecule has 2 fully saturated rings. The number of rotatable bonds is 2. The van der Waals surface area contributed by atoms with E-state index in [4.69, 9.17) is 0 Å².